The van der Waals surface area contributed by atoms with E-state index in [4.69, 9.17) is 10.5 Å². The van der Waals surface area contributed by atoms with Gasteiger partial charge in [-0.3, -0.25) is 4.79 Å². The van der Waals surface area contributed by atoms with Gasteiger partial charge in [-0.05, 0) is 24.3 Å². The summed E-state index contributed by atoms with van der Waals surface area (Å²) in [5.74, 6) is 0.636. The van der Waals surface area contributed by atoms with Gasteiger partial charge in [-0.1, -0.05) is 0 Å². The third-order valence-electron chi connectivity index (χ3n) is 2.32. The number of hydrogen-bond donors (Lipinski definition) is 2. The van der Waals surface area contributed by atoms with E-state index in [0.29, 0.717) is 22.8 Å². The maximum absolute atomic E-state index is 11.9. The molecule has 3 N–H and O–H groups in total. The number of nitrogens with two attached hydrogens (primary N) is 1. The average molecular weight is 244 g/mol. The van der Waals surface area contributed by atoms with Gasteiger partial charge in [0, 0.05) is 18.0 Å². The minimum atomic E-state index is -0.337. The highest BCUT2D eigenvalue weighted by molar-refractivity contribution is 6.07. The summed E-state index contributed by atoms with van der Waals surface area (Å²) >= 11 is 0. The number of anilines is 2. The van der Waals surface area contributed by atoms with Crippen LogP contribution in [0.3, 0.4) is 0 Å². The number of carbonyl (C=O) groups is 1. The fourth-order valence-corrected chi connectivity index (χ4v) is 1.43. The van der Waals surface area contributed by atoms with Crippen LogP contribution >= 0.6 is 0 Å². The van der Waals surface area contributed by atoms with Crippen LogP contribution in [-0.4, -0.2) is 23.2 Å². The summed E-state index contributed by atoms with van der Waals surface area (Å²) in [6.07, 6.45) is 1.53. The first-order chi connectivity index (χ1) is 8.70. The molecule has 0 fully saturated rings. The summed E-state index contributed by atoms with van der Waals surface area (Å²) in [5.41, 5.74) is 6.48. The summed E-state index contributed by atoms with van der Waals surface area (Å²) in [4.78, 5) is 11.9. The smallest absolute Gasteiger partial charge is 0.258 e. The molecule has 1 amide bonds. The molecule has 0 saturated heterocycles. The Labute approximate surface area is 104 Å². The van der Waals surface area contributed by atoms with E-state index in [1.807, 2.05) is 0 Å². The van der Waals surface area contributed by atoms with E-state index in [9.17, 15) is 4.79 Å². The summed E-state index contributed by atoms with van der Waals surface area (Å²) < 4.78 is 5.01. The van der Waals surface area contributed by atoms with E-state index >= 15 is 0 Å². The lowest BCUT2D eigenvalue weighted by atomic mass is 10.1. The van der Waals surface area contributed by atoms with Gasteiger partial charge in [0.1, 0.15) is 5.75 Å². The number of aromatic nitrogens is 2. The standard InChI is InChI=1S/C12H12N4O2/c1-18-8-4-5-9(10(13)7-8)12(17)15-11-3-2-6-14-16-11/h2-7H,13H2,1H3,(H,15,16,17). The number of ether oxygens (including phenoxy) is 1. The van der Waals surface area contributed by atoms with Gasteiger partial charge in [0.25, 0.3) is 5.91 Å². The van der Waals surface area contributed by atoms with Crippen LogP contribution in [0.25, 0.3) is 0 Å². The first-order valence-corrected chi connectivity index (χ1v) is 5.23. The third-order valence-corrected chi connectivity index (χ3v) is 2.32. The fraction of sp³-hybridized carbons (Fsp3) is 0.0833. The minimum absolute atomic E-state index is 0.337. The van der Waals surface area contributed by atoms with Crippen molar-refractivity contribution in [1.82, 2.24) is 10.2 Å². The van der Waals surface area contributed by atoms with E-state index in [-0.39, 0.29) is 5.91 Å². The molecule has 18 heavy (non-hydrogen) atoms. The zero-order chi connectivity index (χ0) is 13.0. The number of rotatable bonds is 3. The number of methoxy groups -OCH3 is 1. The molecular formula is C12H12N4O2. The molecule has 0 aliphatic heterocycles. The van der Waals surface area contributed by atoms with Crippen LogP contribution in [0.5, 0.6) is 5.75 Å². The van der Waals surface area contributed by atoms with Crippen molar-refractivity contribution in [3.05, 3.63) is 42.1 Å². The quantitative estimate of drug-likeness (QED) is 0.795. The van der Waals surface area contributed by atoms with E-state index in [1.165, 1.54) is 13.3 Å². The number of nitrogen functional groups attached to an aromatic ring is 1. The zero-order valence-electron chi connectivity index (χ0n) is 9.75. The number of nitrogens with one attached hydrogen (secondary N) is 1. The number of benzene rings is 1. The van der Waals surface area contributed by atoms with Crippen molar-refractivity contribution in [2.45, 2.75) is 0 Å². The Morgan fingerprint density at radius 3 is 2.83 bits per heavy atom. The van der Waals surface area contributed by atoms with Crippen LogP contribution in [0.2, 0.25) is 0 Å². The van der Waals surface area contributed by atoms with Crippen LogP contribution < -0.4 is 15.8 Å². The van der Waals surface area contributed by atoms with Crippen LogP contribution in [0.1, 0.15) is 10.4 Å². The fourth-order valence-electron chi connectivity index (χ4n) is 1.43. The Balaban J connectivity index is 2.19. The van der Waals surface area contributed by atoms with Crippen molar-refractivity contribution in [2.75, 3.05) is 18.2 Å². The Hall–Kier alpha value is -2.63. The monoisotopic (exact) mass is 244 g/mol. The van der Waals surface area contributed by atoms with Crippen molar-refractivity contribution in [1.29, 1.82) is 0 Å². The second kappa shape index (κ2) is 5.13. The molecule has 0 unspecified atom stereocenters. The Morgan fingerprint density at radius 1 is 1.39 bits per heavy atom. The molecule has 0 saturated carbocycles. The van der Waals surface area contributed by atoms with Crippen LogP contribution in [0.15, 0.2) is 36.5 Å². The van der Waals surface area contributed by atoms with Gasteiger partial charge in [-0.25, -0.2) is 0 Å². The maximum atomic E-state index is 11.9. The average Bonchev–Trinajstić information content (AvgIpc) is 2.39. The van der Waals surface area contributed by atoms with Crippen LogP contribution in [0.4, 0.5) is 11.5 Å². The lowest BCUT2D eigenvalue weighted by molar-refractivity contribution is 0.102. The number of nitrogens with zero attached hydrogens (tertiary/aromatic N) is 2. The molecule has 1 aromatic carbocycles. The highest BCUT2D eigenvalue weighted by Gasteiger charge is 2.11. The molecule has 2 aromatic rings. The predicted octanol–water partition coefficient (Wildman–Crippen LogP) is 1.32. The number of hydrogen-bond acceptors (Lipinski definition) is 5. The highest BCUT2D eigenvalue weighted by Crippen LogP contribution is 2.20. The van der Waals surface area contributed by atoms with Crippen LogP contribution in [-0.2, 0) is 0 Å². The van der Waals surface area contributed by atoms with E-state index in [1.54, 1.807) is 30.3 Å². The summed E-state index contributed by atoms with van der Waals surface area (Å²) in [5, 5.41) is 10.0. The maximum Gasteiger partial charge on any atom is 0.258 e. The van der Waals surface area contributed by atoms with Gasteiger partial charge in [-0.15, -0.1) is 5.10 Å². The second-order valence-electron chi connectivity index (χ2n) is 3.52. The van der Waals surface area contributed by atoms with Crippen LogP contribution in [0, 0.1) is 0 Å². The minimum Gasteiger partial charge on any atom is -0.497 e. The Kier molecular flexibility index (Phi) is 3.38. The summed E-state index contributed by atoms with van der Waals surface area (Å²) in [6.45, 7) is 0. The van der Waals surface area contributed by atoms with E-state index in [2.05, 4.69) is 15.5 Å². The molecule has 0 spiro atoms. The molecule has 6 nitrogen and oxygen atoms in total. The Morgan fingerprint density at radius 2 is 2.22 bits per heavy atom. The SMILES string of the molecule is COc1ccc(C(=O)Nc2cccnn2)c(N)c1. The number of carbonyl (C=O) groups excluding carboxylic acids is 1. The van der Waals surface area contributed by atoms with Crippen molar-refractivity contribution >= 4 is 17.4 Å². The Bertz CT molecular complexity index is 557. The molecule has 0 bridgehead atoms. The first kappa shape index (κ1) is 11.8. The largest absolute Gasteiger partial charge is 0.497 e. The van der Waals surface area contributed by atoms with Gasteiger partial charge < -0.3 is 15.8 Å². The highest BCUT2D eigenvalue weighted by atomic mass is 16.5. The molecule has 0 atom stereocenters. The molecule has 1 heterocycles. The molecule has 6 heteroatoms. The van der Waals surface area contributed by atoms with Gasteiger partial charge >= 0.3 is 0 Å². The van der Waals surface area contributed by atoms with Crippen molar-refractivity contribution < 1.29 is 9.53 Å². The predicted molar refractivity (Wildman–Crippen MR) is 67.4 cm³/mol. The molecule has 0 aliphatic rings. The topological polar surface area (TPSA) is 90.1 Å². The summed E-state index contributed by atoms with van der Waals surface area (Å²) in [7, 11) is 1.54. The zero-order valence-corrected chi connectivity index (χ0v) is 9.75. The van der Waals surface area contributed by atoms with Gasteiger partial charge in [-0.2, -0.15) is 5.10 Å². The molecule has 92 valence electrons. The molecule has 2 rings (SSSR count). The second-order valence-corrected chi connectivity index (χ2v) is 3.52. The normalized spacial score (nSPS) is 9.83. The van der Waals surface area contributed by atoms with E-state index < -0.39 is 0 Å². The molecule has 1 aromatic heterocycles. The lowest BCUT2D eigenvalue weighted by Crippen LogP contribution is -2.15. The molecule has 0 aliphatic carbocycles. The van der Waals surface area contributed by atoms with Crippen molar-refractivity contribution in [2.24, 2.45) is 0 Å². The van der Waals surface area contributed by atoms with Crippen molar-refractivity contribution in [3.63, 3.8) is 0 Å². The first-order valence-electron chi connectivity index (χ1n) is 5.23. The molecule has 0 radical (unpaired) electrons. The number of amides is 1. The lowest BCUT2D eigenvalue weighted by Gasteiger charge is -2.07. The summed E-state index contributed by atoms with van der Waals surface area (Å²) in [6, 6.07) is 8.18. The van der Waals surface area contributed by atoms with Crippen molar-refractivity contribution in [3.8, 4) is 5.75 Å². The van der Waals surface area contributed by atoms with Gasteiger partial charge in [0.05, 0.1) is 12.7 Å². The molecular weight excluding hydrogens is 232 g/mol. The van der Waals surface area contributed by atoms with E-state index in [0.717, 1.165) is 0 Å². The van der Waals surface area contributed by atoms with Gasteiger partial charge in [0.2, 0.25) is 0 Å². The third kappa shape index (κ3) is 2.54. The van der Waals surface area contributed by atoms with Gasteiger partial charge in [0.15, 0.2) is 5.82 Å².